The maximum atomic E-state index is 12.9. The first-order valence-corrected chi connectivity index (χ1v) is 10.3. The molecule has 0 aromatic heterocycles. The van der Waals surface area contributed by atoms with Crippen molar-refractivity contribution in [2.24, 2.45) is 23.3 Å². The molecular formula is C20H36N5O6. The van der Waals surface area contributed by atoms with Gasteiger partial charge in [0, 0.05) is 6.42 Å². The first-order chi connectivity index (χ1) is 14.4. The molecule has 0 fully saturated rings. The third kappa shape index (κ3) is 12.0. The summed E-state index contributed by atoms with van der Waals surface area (Å²) in [5.74, 6) is -2.35. The second kappa shape index (κ2) is 14.5. The average Bonchev–Trinajstić information content (AvgIpc) is 2.67. The Morgan fingerprint density at radius 1 is 0.871 bits per heavy atom. The summed E-state index contributed by atoms with van der Waals surface area (Å²) in [5, 5.41) is 16.6. The van der Waals surface area contributed by atoms with Crippen molar-refractivity contribution in [2.45, 2.75) is 77.5 Å². The molecule has 0 saturated carbocycles. The largest absolute Gasteiger partial charge is 0.394 e. The number of aliphatic hydroxyl groups is 1. The molecular weight excluding hydrogens is 406 g/mol. The van der Waals surface area contributed by atoms with Gasteiger partial charge in [0.05, 0.1) is 12.6 Å². The molecule has 0 aliphatic carbocycles. The van der Waals surface area contributed by atoms with Crippen molar-refractivity contribution in [3.8, 4) is 0 Å². The molecule has 0 aromatic rings. The van der Waals surface area contributed by atoms with Crippen molar-refractivity contribution >= 4 is 29.9 Å². The Morgan fingerprint density at radius 3 is 1.71 bits per heavy atom. The predicted octanol–water partition coefficient (Wildman–Crippen LogP) is -1.77. The maximum absolute atomic E-state index is 12.9. The zero-order valence-electron chi connectivity index (χ0n) is 18.6. The van der Waals surface area contributed by atoms with Gasteiger partial charge in [-0.15, -0.1) is 0 Å². The lowest BCUT2D eigenvalue weighted by molar-refractivity contribution is -0.133. The quantitative estimate of drug-likeness (QED) is 0.173. The van der Waals surface area contributed by atoms with Gasteiger partial charge in [-0.05, 0) is 31.1 Å². The molecule has 0 bridgehead atoms. The van der Waals surface area contributed by atoms with Gasteiger partial charge in [-0.25, -0.2) is 0 Å². The van der Waals surface area contributed by atoms with Crippen molar-refractivity contribution < 1.29 is 29.1 Å². The van der Waals surface area contributed by atoms with Gasteiger partial charge in [0.2, 0.25) is 29.9 Å². The number of nitrogens with two attached hydrogens (primary N) is 2. The number of nitrogens with one attached hydrogen (secondary N) is 3. The van der Waals surface area contributed by atoms with Crippen LogP contribution in [0.2, 0.25) is 0 Å². The first-order valence-electron chi connectivity index (χ1n) is 10.3. The van der Waals surface area contributed by atoms with Crippen LogP contribution in [-0.2, 0) is 24.0 Å². The van der Waals surface area contributed by atoms with E-state index < -0.39 is 54.4 Å². The number of carbonyl (C=O) groups excluding carboxylic acids is 5. The average molecular weight is 443 g/mol. The second-order valence-electron chi connectivity index (χ2n) is 8.35. The molecule has 0 saturated heterocycles. The maximum Gasteiger partial charge on any atom is 0.243 e. The van der Waals surface area contributed by atoms with Gasteiger partial charge in [0.15, 0.2) is 0 Å². The minimum Gasteiger partial charge on any atom is -0.394 e. The van der Waals surface area contributed by atoms with Gasteiger partial charge >= 0.3 is 0 Å². The third-order valence-electron chi connectivity index (χ3n) is 4.36. The number of hydrogen-bond acceptors (Lipinski definition) is 7. The monoisotopic (exact) mass is 442 g/mol. The first kappa shape index (κ1) is 28.5. The second-order valence-corrected chi connectivity index (χ2v) is 8.35. The van der Waals surface area contributed by atoms with Crippen LogP contribution in [0.1, 0.15) is 53.4 Å². The highest BCUT2D eigenvalue weighted by Gasteiger charge is 2.30. The highest BCUT2D eigenvalue weighted by atomic mass is 16.3. The Morgan fingerprint density at radius 2 is 1.32 bits per heavy atom. The van der Waals surface area contributed by atoms with E-state index in [1.807, 2.05) is 27.7 Å². The standard InChI is InChI=1S/C20H36N5O6/c1-11(2)7-15(19(30)23-13(9-26)10-27)25-20(31)16(8-12(3)4)24-18(29)14(21)5-6-17(22)28/h11-16,26H,5-9,21H2,1-4H3,(H2,22,28)(H,23,30)(H,24,29)(H,25,31)/t13-,14-,15-,16-/m0/s1. The molecule has 8 N–H and O–H groups in total. The molecule has 0 aliphatic rings. The number of carbonyl (C=O) groups is 4. The highest BCUT2D eigenvalue weighted by Crippen LogP contribution is 2.09. The van der Waals surface area contributed by atoms with Crippen LogP contribution >= 0.6 is 0 Å². The minimum absolute atomic E-state index is 0.0317. The fourth-order valence-corrected chi connectivity index (χ4v) is 2.77. The Kier molecular flexibility index (Phi) is 13.3. The fraction of sp³-hybridized carbons (Fsp3) is 0.750. The van der Waals surface area contributed by atoms with Crippen LogP contribution < -0.4 is 27.4 Å². The van der Waals surface area contributed by atoms with Crippen LogP contribution in [0.3, 0.4) is 0 Å². The van der Waals surface area contributed by atoms with Crippen LogP contribution in [0.4, 0.5) is 0 Å². The topological polar surface area (TPSA) is 194 Å². The van der Waals surface area contributed by atoms with Crippen molar-refractivity contribution in [3.05, 3.63) is 0 Å². The van der Waals surface area contributed by atoms with E-state index in [1.54, 1.807) is 0 Å². The van der Waals surface area contributed by atoms with Gasteiger partial charge in [0.25, 0.3) is 0 Å². The van der Waals surface area contributed by atoms with Crippen LogP contribution in [0.25, 0.3) is 0 Å². The van der Waals surface area contributed by atoms with E-state index in [-0.39, 0.29) is 37.5 Å². The Hall–Kier alpha value is -2.53. The highest BCUT2D eigenvalue weighted by molar-refractivity contribution is 5.93. The lowest BCUT2D eigenvalue weighted by Gasteiger charge is -2.26. The van der Waals surface area contributed by atoms with E-state index >= 15 is 0 Å². The number of primary amides is 1. The molecule has 31 heavy (non-hydrogen) atoms. The third-order valence-corrected chi connectivity index (χ3v) is 4.36. The van der Waals surface area contributed by atoms with E-state index in [9.17, 15) is 24.0 Å². The number of aliphatic hydroxyl groups excluding tert-OH is 1. The summed E-state index contributed by atoms with van der Waals surface area (Å²) in [5.41, 5.74) is 10.8. The molecule has 4 atom stereocenters. The lowest BCUT2D eigenvalue weighted by atomic mass is 9.99. The van der Waals surface area contributed by atoms with Crippen molar-refractivity contribution in [3.63, 3.8) is 0 Å². The van der Waals surface area contributed by atoms with Crippen LogP contribution in [-0.4, -0.2) is 65.8 Å². The van der Waals surface area contributed by atoms with Crippen molar-refractivity contribution in [1.29, 1.82) is 0 Å². The molecule has 0 spiro atoms. The Labute approximate surface area is 183 Å². The fourth-order valence-electron chi connectivity index (χ4n) is 2.77. The normalized spacial score (nSPS) is 15.0. The summed E-state index contributed by atoms with van der Waals surface area (Å²) >= 11 is 0. The summed E-state index contributed by atoms with van der Waals surface area (Å²) < 4.78 is 0. The summed E-state index contributed by atoms with van der Waals surface area (Å²) in [4.78, 5) is 59.4. The number of hydrogen-bond donors (Lipinski definition) is 6. The van der Waals surface area contributed by atoms with E-state index in [0.29, 0.717) is 0 Å². The summed E-state index contributed by atoms with van der Waals surface area (Å²) in [6.07, 6.45) is 2.04. The van der Waals surface area contributed by atoms with Gasteiger partial charge in [-0.3, -0.25) is 24.0 Å². The molecule has 177 valence electrons. The van der Waals surface area contributed by atoms with Crippen LogP contribution in [0, 0.1) is 11.8 Å². The Balaban J connectivity index is 5.32. The van der Waals surface area contributed by atoms with E-state index in [4.69, 9.17) is 16.6 Å². The van der Waals surface area contributed by atoms with Gasteiger partial charge in [-0.2, -0.15) is 0 Å². The zero-order chi connectivity index (χ0) is 24.1. The molecule has 0 unspecified atom stereocenters. The van der Waals surface area contributed by atoms with E-state index in [1.165, 1.54) is 6.29 Å². The van der Waals surface area contributed by atoms with Crippen LogP contribution in [0.15, 0.2) is 0 Å². The molecule has 11 nitrogen and oxygen atoms in total. The molecule has 0 aliphatic heterocycles. The SMILES string of the molecule is CC(C)C[C@H](NC(=O)[C@H](CC(C)C)NC(=O)[C@@H](N)CCC(N)=O)C(=O)N[C@H]([C]=O)CO. The molecule has 0 aromatic carbocycles. The van der Waals surface area contributed by atoms with Gasteiger partial charge in [0.1, 0.15) is 18.1 Å². The van der Waals surface area contributed by atoms with Crippen molar-refractivity contribution in [1.82, 2.24) is 16.0 Å². The number of amides is 4. The lowest BCUT2D eigenvalue weighted by Crippen LogP contribution is -2.57. The Bertz CT molecular complexity index is 625. The summed E-state index contributed by atoms with van der Waals surface area (Å²) in [7, 11) is 0. The molecule has 4 amide bonds. The summed E-state index contributed by atoms with van der Waals surface area (Å²) in [6, 6.07) is -4.16. The molecule has 1 radical (unpaired) electrons. The molecule has 11 heteroatoms. The molecule has 0 heterocycles. The smallest absolute Gasteiger partial charge is 0.243 e. The predicted molar refractivity (Wildman–Crippen MR) is 114 cm³/mol. The van der Waals surface area contributed by atoms with Gasteiger partial charge in [-0.1, -0.05) is 27.7 Å². The van der Waals surface area contributed by atoms with Crippen molar-refractivity contribution in [2.75, 3.05) is 6.61 Å². The summed E-state index contributed by atoms with van der Waals surface area (Å²) in [6.45, 7) is 6.82. The van der Waals surface area contributed by atoms with Crippen LogP contribution in [0.5, 0.6) is 0 Å². The molecule has 0 rings (SSSR count). The zero-order valence-corrected chi connectivity index (χ0v) is 18.6. The minimum atomic E-state index is -1.20. The van der Waals surface area contributed by atoms with E-state index in [0.717, 1.165) is 0 Å². The van der Waals surface area contributed by atoms with Gasteiger partial charge < -0.3 is 32.5 Å². The number of rotatable bonds is 15. The van der Waals surface area contributed by atoms with E-state index in [2.05, 4.69) is 16.0 Å².